The quantitative estimate of drug-likeness (QED) is 0.766. The predicted molar refractivity (Wildman–Crippen MR) is 83.4 cm³/mol. The first-order chi connectivity index (χ1) is 8.78. The lowest BCUT2D eigenvalue weighted by molar-refractivity contribution is 0.0463. The molecule has 6 heteroatoms. The number of hydrogen-bond donors (Lipinski definition) is 2. The maximum absolute atomic E-state index is 11.6. The van der Waals surface area contributed by atoms with Gasteiger partial charge in [-0.15, -0.1) is 0 Å². The van der Waals surface area contributed by atoms with Gasteiger partial charge in [0.2, 0.25) is 0 Å². The molecule has 1 amide bonds. The number of aliphatic hydroxyl groups excluding tert-OH is 1. The van der Waals surface area contributed by atoms with E-state index in [2.05, 4.69) is 39.2 Å². The Kier molecular flexibility index (Phi) is 6.71. The van der Waals surface area contributed by atoms with E-state index in [4.69, 9.17) is 9.16 Å². The Hall–Kier alpha value is -0.593. The zero-order valence-electron chi connectivity index (χ0n) is 14.2. The lowest BCUT2D eigenvalue weighted by atomic mass is 10.2. The molecule has 2 N–H and O–H groups in total. The summed E-state index contributed by atoms with van der Waals surface area (Å²) in [6, 6.07) is 0. The second kappa shape index (κ2) is 6.91. The SMILES string of the molecule is CC(C)(C)OC(=O)NC[C@@H](CO)O[Si](C)(C)C(C)(C)C. The first-order valence-electron chi connectivity index (χ1n) is 7.04. The molecule has 0 fully saturated rings. The van der Waals surface area contributed by atoms with Crippen molar-refractivity contribution >= 4 is 14.4 Å². The van der Waals surface area contributed by atoms with Crippen LogP contribution in [0.3, 0.4) is 0 Å². The predicted octanol–water partition coefficient (Wildman–Crippen LogP) is 2.89. The van der Waals surface area contributed by atoms with Crippen molar-refractivity contribution in [3.63, 3.8) is 0 Å². The number of amides is 1. The van der Waals surface area contributed by atoms with E-state index in [1.807, 2.05) is 20.8 Å². The molecule has 0 heterocycles. The minimum atomic E-state index is -1.96. The van der Waals surface area contributed by atoms with Crippen LogP contribution in [0.1, 0.15) is 41.5 Å². The van der Waals surface area contributed by atoms with Gasteiger partial charge in [0.1, 0.15) is 5.60 Å². The number of ether oxygens (including phenoxy) is 1. The number of alkyl carbamates (subject to hydrolysis) is 1. The summed E-state index contributed by atoms with van der Waals surface area (Å²) in [6.07, 6.45) is -0.891. The maximum Gasteiger partial charge on any atom is 0.407 e. The third-order valence-electron chi connectivity index (χ3n) is 3.34. The molecule has 0 aliphatic rings. The molecule has 120 valence electrons. The van der Waals surface area contributed by atoms with Gasteiger partial charge in [0, 0.05) is 6.54 Å². The van der Waals surface area contributed by atoms with Crippen LogP contribution in [0.25, 0.3) is 0 Å². The van der Waals surface area contributed by atoms with Crippen LogP contribution in [-0.4, -0.2) is 44.4 Å². The Morgan fingerprint density at radius 3 is 2.05 bits per heavy atom. The van der Waals surface area contributed by atoms with Gasteiger partial charge in [-0.1, -0.05) is 20.8 Å². The molecule has 0 saturated carbocycles. The second-order valence-corrected chi connectivity index (χ2v) is 12.3. The number of nitrogens with one attached hydrogen (secondary N) is 1. The van der Waals surface area contributed by atoms with E-state index in [1.54, 1.807) is 0 Å². The van der Waals surface area contributed by atoms with Gasteiger partial charge < -0.3 is 19.6 Å². The van der Waals surface area contributed by atoms with Gasteiger partial charge in [-0.2, -0.15) is 0 Å². The van der Waals surface area contributed by atoms with E-state index in [0.717, 1.165) is 0 Å². The molecule has 0 saturated heterocycles. The summed E-state index contributed by atoms with van der Waals surface area (Å²) in [7, 11) is -1.96. The van der Waals surface area contributed by atoms with Gasteiger partial charge in [0.25, 0.3) is 0 Å². The van der Waals surface area contributed by atoms with Crippen molar-refractivity contribution in [3.05, 3.63) is 0 Å². The van der Waals surface area contributed by atoms with Gasteiger partial charge in [-0.3, -0.25) is 0 Å². The maximum atomic E-state index is 11.6. The van der Waals surface area contributed by atoms with Gasteiger partial charge in [0.05, 0.1) is 12.7 Å². The van der Waals surface area contributed by atoms with Gasteiger partial charge in [-0.05, 0) is 38.9 Å². The van der Waals surface area contributed by atoms with E-state index in [-0.39, 0.29) is 18.2 Å². The van der Waals surface area contributed by atoms with E-state index in [1.165, 1.54) is 0 Å². The summed E-state index contributed by atoms with van der Waals surface area (Å²) in [5, 5.41) is 12.1. The smallest absolute Gasteiger partial charge is 0.407 e. The first kappa shape index (κ1) is 19.4. The lowest BCUT2D eigenvalue weighted by Gasteiger charge is -2.38. The molecule has 0 aliphatic heterocycles. The van der Waals surface area contributed by atoms with Crippen LogP contribution in [0.5, 0.6) is 0 Å². The first-order valence-corrected chi connectivity index (χ1v) is 9.95. The van der Waals surface area contributed by atoms with Crippen LogP contribution in [0.2, 0.25) is 18.1 Å². The number of rotatable bonds is 5. The van der Waals surface area contributed by atoms with Crippen LogP contribution in [0.15, 0.2) is 0 Å². The van der Waals surface area contributed by atoms with Crippen molar-refractivity contribution in [2.75, 3.05) is 13.2 Å². The third-order valence-corrected chi connectivity index (χ3v) is 7.88. The molecule has 0 aromatic heterocycles. The Balaban J connectivity index is 4.41. The summed E-state index contributed by atoms with van der Waals surface area (Å²) in [5.74, 6) is 0. The molecule has 0 aromatic rings. The second-order valence-electron chi connectivity index (χ2n) is 7.57. The molecule has 0 unspecified atom stereocenters. The molecule has 0 rings (SSSR count). The van der Waals surface area contributed by atoms with Crippen LogP contribution in [0, 0.1) is 0 Å². The number of aliphatic hydroxyl groups is 1. The molecule has 0 spiro atoms. The van der Waals surface area contributed by atoms with Crippen molar-refractivity contribution in [1.29, 1.82) is 0 Å². The zero-order valence-corrected chi connectivity index (χ0v) is 15.2. The lowest BCUT2D eigenvalue weighted by Crippen LogP contribution is -2.48. The third kappa shape index (κ3) is 7.26. The normalized spacial score (nSPS) is 14.8. The molecule has 1 atom stereocenters. The van der Waals surface area contributed by atoms with Crippen LogP contribution in [0.4, 0.5) is 4.79 Å². The molecule has 20 heavy (non-hydrogen) atoms. The van der Waals surface area contributed by atoms with Crippen LogP contribution < -0.4 is 5.32 Å². The highest BCUT2D eigenvalue weighted by Crippen LogP contribution is 2.37. The van der Waals surface area contributed by atoms with E-state index < -0.39 is 26.1 Å². The number of hydrogen-bond acceptors (Lipinski definition) is 4. The van der Waals surface area contributed by atoms with Crippen LogP contribution >= 0.6 is 0 Å². The van der Waals surface area contributed by atoms with Crippen molar-refractivity contribution in [1.82, 2.24) is 5.32 Å². The monoisotopic (exact) mass is 305 g/mol. The Morgan fingerprint density at radius 1 is 1.20 bits per heavy atom. The van der Waals surface area contributed by atoms with Crippen molar-refractivity contribution in [3.8, 4) is 0 Å². The van der Waals surface area contributed by atoms with E-state index >= 15 is 0 Å². The van der Waals surface area contributed by atoms with Crippen molar-refractivity contribution in [2.24, 2.45) is 0 Å². The Bertz CT molecular complexity index is 318. The van der Waals surface area contributed by atoms with Gasteiger partial charge in [-0.25, -0.2) is 4.79 Å². The number of carbonyl (C=O) groups excluding carboxylic acids is 1. The topological polar surface area (TPSA) is 67.8 Å². The Labute approximate surface area is 124 Å². The summed E-state index contributed by atoms with van der Waals surface area (Å²) < 4.78 is 11.2. The fourth-order valence-corrected chi connectivity index (χ4v) is 2.59. The highest BCUT2D eigenvalue weighted by Gasteiger charge is 2.39. The average molecular weight is 305 g/mol. The minimum absolute atomic E-state index is 0.0618. The average Bonchev–Trinajstić information content (AvgIpc) is 2.19. The standard InChI is InChI=1S/C14H31NO4Si/c1-13(2,3)18-12(17)15-9-11(10-16)19-20(7,8)14(4,5)6/h11,16H,9-10H2,1-8H3,(H,15,17)/t11-/m0/s1. The summed E-state index contributed by atoms with van der Waals surface area (Å²) in [6.45, 7) is 16.2. The Morgan fingerprint density at radius 2 is 1.70 bits per heavy atom. The largest absolute Gasteiger partial charge is 0.444 e. The van der Waals surface area contributed by atoms with Crippen molar-refractivity contribution < 1.29 is 19.1 Å². The minimum Gasteiger partial charge on any atom is -0.444 e. The molecular formula is C14H31NO4Si. The highest BCUT2D eigenvalue weighted by atomic mass is 28.4. The van der Waals surface area contributed by atoms with Gasteiger partial charge >= 0.3 is 6.09 Å². The summed E-state index contributed by atoms with van der Waals surface area (Å²) in [5.41, 5.74) is -0.529. The molecular weight excluding hydrogens is 274 g/mol. The fourth-order valence-electron chi connectivity index (χ4n) is 1.25. The van der Waals surface area contributed by atoms with Crippen LogP contribution in [-0.2, 0) is 9.16 Å². The fraction of sp³-hybridized carbons (Fsp3) is 0.929. The zero-order chi connectivity index (χ0) is 16.2. The molecule has 0 bridgehead atoms. The molecule has 0 radical (unpaired) electrons. The molecule has 5 nitrogen and oxygen atoms in total. The summed E-state index contributed by atoms with van der Waals surface area (Å²) >= 11 is 0. The molecule has 0 aliphatic carbocycles. The highest BCUT2D eigenvalue weighted by molar-refractivity contribution is 6.74. The van der Waals surface area contributed by atoms with Crippen molar-refractivity contribution in [2.45, 2.75) is 71.4 Å². The summed E-state index contributed by atoms with van der Waals surface area (Å²) in [4.78, 5) is 11.6. The van der Waals surface area contributed by atoms with E-state index in [9.17, 15) is 9.90 Å². The number of carbonyl (C=O) groups is 1. The van der Waals surface area contributed by atoms with Gasteiger partial charge in [0.15, 0.2) is 8.32 Å². The molecule has 0 aromatic carbocycles. The van der Waals surface area contributed by atoms with E-state index in [0.29, 0.717) is 0 Å².